The fourth-order valence-corrected chi connectivity index (χ4v) is 1.73. The third-order valence-corrected chi connectivity index (χ3v) is 2.74. The Kier molecular flexibility index (Phi) is 4.47. The molecule has 0 aromatic heterocycles. The van der Waals surface area contributed by atoms with Crippen molar-refractivity contribution >= 4 is 0 Å². The van der Waals surface area contributed by atoms with E-state index in [1.54, 1.807) is 24.3 Å². The zero-order chi connectivity index (χ0) is 13.7. The van der Waals surface area contributed by atoms with E-state index in [9.17, 15) is 8.78 Å². The molecule has 0 atom stereocenters. The molecule has 2 N–H and O–H groups in total. The number of hydrogen-bond donors (Lipinski definition) is 1. The highest BCUT2D eigenvalue weighted by molar-refractivity contribution is 5.30. The SMILES string of the molecule is NCCc1ccc(OCc2ccc(F)cc2)c(F)c1. The number of rotatable bonds is 5. The van der Waals surface area contributed by atoms with Gasteiger partial charge in [0.1, 0.15) is 12.4 Å². The largest absolute Gasteiger partial charge is 0.486 e. The molecule has 0 saturated heterocycles. The van der Waals surface area contributed by atoms with Crippen molar-refractivity contribution in [3.05, 3.63) is 65.2 Å². The Morgan fingerprint density at radius 2 is 1.63 bits per heavy atom. The van der Waals surface area contributed by atoms with Crippen LogP contribution in [0.1, 0.15) is 11.1 Å². The van der Waals surface area contributed by atoms with Crippen LogP contribution in [0.4, 0.5) is 8.78 Å². The molecule has 0 amide bonds. The lowest BCUT2D eigenvalue weighted by Gasteiger charge is -2.08. The van der Waals surface area contributed by atoms with Crippen LogP contribution in [0.5, 0.6) is 5.75 Å². The summed E-state index contributed by atoms with van der Waals surface area (Å²) in [7, 11) is 0. The predicted molar refractivity (Wildman–Crippen MR) is 69.9 cm³/mol. The maximum absolute atomic E-state index is 13.7. The standard InChI is InChI=1S/C15H15F2NO/c16-13-4-1-12(2-5-13)10-19-15-6-3-11(7-8-18)9-14(15)17/h1-6,9H,7-8,10,18H2. The Hall–Kier alpha value is -1.94. The third kappa shape index (κ3) is 3.76. The molecule has 4 heteroatoms. The van der Waals surface area contributed by atoms with Crippen LogP contribution in [-0.2, 0) is 13.0 Å². The van der Waals surface area contributed by atoms with Crippen molar-refractivity contribution in [3.63, 3.8) is 0 Å². The van der Waals surface area contributed by atoms with Crippen LogP contribution in [0.3, 0.4) is 0 Å². The highest BCUT2D eigenvalue weighted by atomic mass is 19.1. The number of halogens is 2. The van der Waals surface area contributed by atoms with Crippen molar-refractivity contribution in [1.29, 1.82) is 0 Å². The van der Waals surface area contributed by atoms with E-state index in [0.717, 1.165) is 11.1 Å². The van der Waals surface area contributed by atoms with Gasteiger partial charge in [-0.25, -0.2) is 8.78 Å². The molecule has 2 rings (SSSR count). The molecule has 0 aliphatic carbocycles. The van der Waals surface area contributed by atoms with Gasteiger partial charge in [0.25, 0.3) is 0 Å². The summed E-state index contributed by atoms with van der Waals surface area (Å²) in [5.41, 5.74) is 7.04. The molecule has 0 saturated carbocycles. The van der Waals surface area contributed by atoms with Crippen LogP contribution < -0.4 is 10.5 Å². The number of ether oxygens (including phenoxy) is 1. The van der Waals surface area contributed by atoms with E-state index in [-0.39, 0.29) is 18.2 Å². The first-order valence-corrected chi connectivity index (χ1v) is 6.05. The Bertz CT molecular complexity index is 540. The van der Waals surface area contributed by atoms with E-state index in [1.165, 1.54) is 18.2 Å². The minimum absolute atomic E-state index is 0.185. The van der Waals surface area contributed by atoms with Crippen molar-refractivity contribution in [1.82, 2.24) is 0 Å². The van der Waals surface area contributed by atoms with Gasteiger partial charge in [0, 0.05) is 0 Å². The van der Waals surface area contributed by atoms with Gasteiger partial charge in [-0.05, 0) is 48.4 Å². The van der Waals surface area contributed by atoms with Gasteiger partial charge in [-0.15, -0.1) is 0 Å². The topological polar surface area (TPSA) is 35.2 Å². The van der Waals surface area contributed by atoms with E-state index in [0.29, 0.717) is 13.0 Å². The van der Waals surface area contributed by atoms with Crippen molar-refractivity contribution < 1.29 is 13.5 Å². The average Bonchev–Trinajstić information content (AvgIpc) is 2.40. The van der Waals surface area contributed by atoms with Crippen LogP contribution in [0.2, 0.25) is 0 Å². The van der Waals surface area contributed by atoms with Crippen molar-refractivity contribution in [3.8, 4) is 5.75 Å². The first kappa shape index (κ1) is 13.5. The lowest BCUT2D eigenvalue weighted by Crippen LogP contribution is -2.03. The summed E-state index contributed by atoms with van der Waals surface area (Å²) < 4.78 is 31.8. The Balaban J connectivity index is 2.01. The Morgan fingerprint density at radius 3 is 2.26 bits per heavy atom. The van der Waals surface area contributed by atoms with Crippen LogP contribution >= 0.6 is 0 Å². The molecule has 0 radical (unpaired) electrons. The first-order chi connectivity index (χ1) is 9.19. The molecule has 2 aromatic carbocycles. The minimum atomic E-state index is -0.409. The summed E-state index contributed by atoms with van der Waals surface area (Å²) >= 11 is 0. The number of hydrogen-bond acceptors (Lipinski definition) is 2. The zero-order valence-corrected chi connectivity index (χ0v) is 10.4. The van der Waals surface area contributed by atoms with E-state index < -0.39 is 5.82 Å². The molecule has 0 spiro atoms. The van der Waals surface area contributed by atoms with Crippen molar-refractivity contribution in [2.75, 3.05) is 6.54 Å². The monoisotopic (exact) mass is 263 g/mol. The van der Waals surface area contributed by atoms with E-state index >= 15 is 0 Å². The summed E-state index contributed by atoms with van der Waals surface area (Å²) in [5, 5.41) is 0. The fraction of sp³-hybridized carbons (Fsp3) is 0.200. The molecule has 0 bridgehead atoms. The predicted octanol–water partition coefficient (Wildman–Crippen LogP) is 3.05. The van der Waals surface area contributed by atoms with Gasteiger partial charge in [0.15, 0.2) is 11.6 Å². The van der Waals surface area contributed by atoms with Gasteiger partial charge in [-0.1, -0.05) is 18.2 Å². The second kappa shape index (κ2) is 6.29. The maximum atomic E-state index is 13.7. The quantitative estimate of drug-likeness (QED) is 0.899. The van der Waals surface area contributed by atoms with Crippen LogP contribution in [0, 0.1) is 11.6 Å². The fourth-order valence-electron chi connectivity index (χ4n) is 1.73. The lowest BCUT2D eigenvalue weighted by molar-refractivity contribution is 0.290. The molecule has 2 nitrogen and oxygen atoms in total. The maximum Gasteiger partial charge on any atom is 0.165 e. The van der Waals surface area contributed by atoms with Crippen molar-refractivity contribution in [2.24, 2.45) is 5.73 Å². The highest BCUT2D eigenvalue weighted by Gasteiger charge is 2.05. The average molecular weight is 263 g/mol. The van der Waals surface area contributed by atoms with Crippen LogP contribution in [-0.4, -0.2) is 6.54 Å². The lowest BCUT2D eigenvalue weighted by atomic mass is 10.1. The van der Waals surface area contributed by atoms with Crippen LogP contribution in [0.25, 0.3) is 0 Å². The summed E-state index contributed by atoms with van der Waals surface area (Å²) in [4.78, 5) is 0. The van der Waals surface area contributed by atoms with Crippen molar-refractivity contribution in [2.45, 2.75) is 13.0 Å². The molecule has 2 aromatic rings. The number of benzene rings is 2. The zero-order valence-electron chi connectivity index (χ0n) is 10.4. The molecular formula is C15H15F2NO. The van der Waals surface area contributed by atoms with Gasteiger partial charge in [-0.3, -0.25) is 0 Å². The second-order valence-corrected chi connectivity index (χ2v) is 4.22. The Labute approximate surface area is 110 Å². The van der Waals surface area contributed by atoms with Crippen LogP contribution in [0.15, 0.2) is 42.5 Å². The summed E-state index contributed by atoms with van der Waals surface area (Å²) in [6.07, 6.45) is 0.634. The minimum Gasteiger partial charge on any atom is -0.486 e. The normalized spacial score (nSPS) is 10.5. The Morgan fingerprint density at radius 1 is 0.947 bits per heavy atom. The van der Waals surface area contributed by atoms with Gasteiger partial charge in [0.05, 0.1) is 0 Å². The van der Waals surface area contributed by atoms with Gasteiger partial charge in [-0.2, -0.15) is 0 Å². The molecule has 0 unspecified atom stereocenters. The van der Waals surface area contributed by atoms with E-state index in [1.807, 2.05) is 0 Å². The molecule has 100 valence electrons. The molecule has 19 heavy (non-hydrogen) atoms. The summed E-state index contributed by atoms with van der Waals surface area (Å²) in [5.74, 6) is -0.528. The third-order valence-electron chi connectivity index (χ3n) is 2.74. The molecule has 0 fully saturated rings. The smallest absolute Gasteiger partial charge is 0.165 e. The summed E-state index contributed by atoms with van der Waals surface area (Å²) in [6.45, 7) is 0.683. The van der Waals surface area contributed by atoms with E-state index in [2.05, 4.69) is 0 Å². The highest BCUT2D eigenvalue weighted by Crippen LogP contribution is 2.20. The molecule has 0 aliphatic heterocycles. The van der Waals surface area contributed by atoms with E-state index in [4.69, 9.17) is 10.5 Å². The van der Waals surface area contributed by atoms with Gasteiger partial charge < -0.3 is 10.5 Å². The molecule has 0 heterocycles. The second-order valence-electron chi connectivity index (χ2n) is 4.22. The number of nitrogens with two attached hydrogens (primary N) is 1. The molecule has 0 aliphatic rings. The van der Waals surface area contributed by atoms with Gasteiger partial charge >= 0.3 is 0 Å². The molecular weight excluding hydrogens is 248 g/mol. The van der Waals surface area contributed by atoms with Gasteiger partial charge in [0.2, 0.25) is 0 Å². The first-order valence-electron chi connectivity index (χ1n) is 6.05. The summed E-state index contributed by atoms with van der Waals surface area (Å²) in [6, 6.07) is 10.7.